The third kappa shape index (κ3) is 12.4. The lowest BCUT2D eigenvalue weighted by molar-refractivity contribution is 0.157. The van der Waals surface area contributed by atoms with Gasteiger partial charge in [-0.3, -0.25) is 13.9 Å². The smallest absolute Gasteiger partial charge is 0.332 e. The maximum Gasteiger partial charge on any atom is 0.332 e. The van der Waals surface area contributed by atoms with Crippen LogP contribution in [0.2, 0.25) is 0 Å². The molecule has 0 amide bonds. The van der Waals surface area contributed by atoms with Crippen LogP contribution >= 0.6 is 0 Å². The predicted molar refractivity (Wildman–Crippen MR) is 162 cm³/mol. The summed E-state index contributed by atoms with van der Waals surface area (Å²) in [5, 5.41) is 13.7. The third-order valence-corrected chi connectivity index (χ3v) is 7.96. The molecule has 0 bridgehead atoms. The highest BCUT2D eigenvalue weighted by Gasteiger charge is 2.14. The van der Waals surface area contributed by atoms with E-state index in [9.17, 15) is 14.7 Å². The summed E-state index contributed by atoms with van der Waals surface area (Å²) in [6.07, 6.45) is 25.3. The van der Waals surface area contributed by atoms with Gasteiger partial charge in [0.05, 0.1) is 12.4 Å². The first-order chi connectivity index (χ1) is 19.0. The van der Waals surface area contributed by atoms with Gasteiger partial charge in [0.2, 0.25) is 0 Å². The molecule has 0 radical (unpaired) electrons. The number of rotatable bonds is 24. The Hall–Kier alpha value is -1.93. The van der Waals surface area contributed by atoms with Crippen molar-refractivity contribution in [2.45, 2.75) is 142 Å². The number of hydrogen-bond acceptors (Lipinski definition) is 5. The molecule has 8 nitrogen and oxygen atoms in total. The molecule has 2 aromatic rings. The lowest BCUT2D eigenvalue weighted by atomic mass is 10.0. The Kier molecular flexibility index (Phi) is 17.1. The van der Waals surface area contributed by atoms with Crippen LogP contribution in [0.15, 0.2) is 15.9 Å². The first kappa shape index (κ1) is 33.3. The van der Waals surface area contributed by atoms with Gasteiger partial charge >= 0.3 is 5.69 Å². The number of imidazole rings is 1. The average molecular weight is 548 g/mol. The minimum atomic E-state index is -0.398. The summed E-state index contributed by atoms with van der Waals surface area (Å²) in [6.45, 7) is 4.18. The molecule has 224 valence electrons. The molecule has 8 heteroatoms. The van der Waals surface area contributed by atoms with Crippen LogP contribution in [0.3, 0.4) is 0 Å². The molecule has 1 unspecified atom stereocenters. The molecule has 0 fully saturated rings. The maximum atomic E-state index is 12.7. The Morgan fingerprint density at radius 1 is 0.795 bits per heavy atom. The molecule has 0 aliphatic carbocycles. The van der Waals surface area contributed by atoms with Crippen LogP contribution in [-0.2, 0) is 20.6 Å². The van der Waals surface area contributed by atoms with Crippen molar-refractivity contribution in [3.05, 3.63) is 27.2 Å². The van der Waals surface area contributed by atoms with Crippen LogP contribution in [0.5, 0.6) is 0 Å². The second-order valence-electron chi connectivity index (χ2n) is 11.5. The van der Waals surface area contributed by atoms with E-state index in [1.54, 1.807) is 25.0 Å². The van der Waals surface area contributed by atoms with E-state index in [-0.39, 0.29) is 11.2 Å². The normalized spacial score (nSPS) is 12.5. The molecule has 0 aliphatic heterocycles. The lowest BCUT2D eigenvalue weighted by Crippen LogP contribution is -2.39. The van der Waals surface area contributed by atoms with E-state index >= 15 is 0 Å². The summed E-state index contributed by atoms with van der Waals surface area (Å²) in [6, 6.07) is 0. The zero-order chi connectivity index (χ0) is 28.3. The van der Waals surface area contributed by atoms with Gasteiger partial charge < -0.3 is 15.0 Å². The summed E-state index contributed by atoms with van der Waals surface area (Å²) < 4.78 is 4.36. The highest BCUT2D eigenvalue weighted by Crippen LogP contribution is 2.13. The maximum absolute atomic E-state index is 12.7. The standard InChI is InChI=1S/C31H57N5O3/c1-4-5-6-7-8-9-10-11-12-13-14-15-16-17-18-20-23-32-25-27(37)22-19-21-24-36-30(38)28-29(33-26-34(28)2)35(3)31(36)39/h26-27,32,37H,4-25H2,1-3H3. The second-order valence-corrected chi connectivity index (χ2v) is 11.5. The van der Waals surface area contributed by atoms with Gasteiger partial charge in [-0.05, 0) is 32.2 Å². The molecule has 2 N–H and O–H groups in total. The van der Waals surface area contributed by atoms with Crippen LogP contribution < -0.4 is 16.6 Å². The fraction of sp³-hybridized carbons (Fsp3) is 0.839. The zero-order valence-electron chi connectivity index (χ0n) is 25.3. The Labute approximate surface area is 236 Å². The Bertz CT molecular complexity index is 1030. The van der Waals surface area contributed by atoms with Crippen molar-refractivity contribution in [3.63, 3.8) is 0 Å². The van der Waals surface area contributed by atoms with E-state index in [1.165, 1.54) is 105 Å². The molecule has 39 heavy (non-hydrogen) atoms. The van der Waals surface area contributed by atoms with E-state index in [1.807, 2.05) is 0 Å². The summed E-state index contributed by atoms with van der Waals surface area (Å²) >= 11 is 0. The van der Waals surface area contributed by atoms with Gasteiger partial charge in [-0.25, -0.2) is 9.78 Å². The molecule has 0 saturated heterocycles. The molecule has 0 aliphatic rings. The quantitative estimate of drug-likeness (QED) is 0.162. The van der Waals surface area contributed by atoms with E-state index in [2.05, 4.69) is 17.2 Å². The van der Waals surface area contributed by atoms with Crippen molar-refractivity contribution in [1.82, 2.24) is 24.0 Å². The fourth-order valence-corrected chi connectivity index (χ4v) is 5.41. The highest BCUT2D eigenvalue weighted by molar-refractivity contribution is 5.69. The second kappa shape index (κ2) is 20.0. The number of fused-ring (bicyclic) bond motifs is 1. The molecular weight excluding hydrogens is 490 g/mol. The first-order valence-corrected chi connectivity index (χ1v) is 16.0. The first-order valence-electron chi connectivity index (χ1n) is 16.0. The average Bonchev–Trinajstić information content (AvgIpc) is 3.32. The van der Waals surface area contributed by atoms with Crippen LogP contribution in [0.25, 0.3) is 11.2 Å². The van der Waals surface area contributed by atoms with Crippen molar-refractivity contribution >= 4 is 11.2 Å². The van der Waals surface area contributed by atoms with E-state index in [0.717, 1.165) is 19.4 Å². The van der Waals surface area contributed by atoms with Gasteiger partial charge in [-0.15, -0.1) is 0 Å². The van der Waals surface area contributed by atoms with Crippen molar-refractivity contribution in [2.24, 2.45) is 14.1 Å². The van der Waals surface area contributed by atoms with E-state index in [0.29, 0.717) is 37.1 Å². The predicted octanol–water partition coefficient (Wildman–Crippen LogP) is 5.82. The number of nitrogens with zero attached hydrogens (tertiary/aromatic N) is 4. The fourth-order valence-electron chi connectivity index (χ4n) is 5.41. The number of aryl methyl sites for hydroxylation is 2. The molecule has 2 heterocycles. The summed E-state index contributed by atoms with van der Waals surface area (Å²) in [5.74, 6) is 0. The molecule has 2 aromatic heterocycles. The van der Waals surface area contributed by atoms with E-state index in [4.69, 9.17) is 0 Å². The largest absolute Gasteiger partial charge is 0.392 e. The minimum absolute atomic E-state index is 0.297. The van der Waals surface area contributed by atoms with Crippen molar-refractivity contribution in [1.29, 1.82) is 0 Å². The van der Waals surface area contributed by atoms with Gasteiger partial charge in [0.15, 0.2) is 11.2 Å². The van der Waals surface area contributed by atoms with Crippen LogP contribution in [0.4, 0.5) is 0 Å². The molecule has 0 saturated carbocycles. The van der Waals surface area contributed by atoms with Crippen LogP contribution in [0.1, 0.15) is 129 Å². The summed E-state index contributed by atoms with van der Waals surface area (Å²) in [5.41, 5.74) is 0.214. The Morgan fingerprint density at radius 3 is 1.90 bits per heavy atom. The molecule has 0 spiro atoms. The molecule has 0 aromatic carbocycles. The Balaban J connectivity index is 1.40. The summed E-state index contributed by atoms with van der Waals surface area (Å²) in [4.78, 5) is 29.4. The van der Waals surface area contributed by atoms with Crippen molar-refractivity contribution in [2.75, 3.05) is 13.1 Å². The lowest BCUT2D eigenvalue weighted by Gasteiger charge is -2.12. The Morgan fingerprint density at radius 2 is 1.33 bits per heavy atom. The van der Waals surface area contributed by atoms with Crippen LogP contribution in [0, 0.1) is 0 Å². The van der Waals surface area contributed by atoms with E-state index < -0.39 is 6.10 Å². The third-order valence-electron chi connectivity index (χ3n) is 7.96. The van der Waals surface area contributed by atoms with Gasteiger partial charge in [0.1, 0.15) is 0 Å². The van der Waals surface area contributed by atoms with Crippen molar-refractivity contribution < 1.29 is 5.11 Å². The molecular formula is C31H57N5O3. The molecule has 2 rings (SSSR count). The van der Waals surface area contributed by atoms with Gasteiger partial charge in [-0.1, -0.05) is 103 Å². The van der Waals surface area contributed by atoms with Gasteiger partial charge in [-0.2, -0.15) is 0 Å². The van der Waals surface area contributed by atoms with Crippen LogP contribution in [-0.4, -0.2) is 43.0 Å². The van der Waals surface area contributed by atoms with Crippen molar-refractivity contribution in [3.8, 4) is 0 Å². The van der Waals surface area contributed by atoms with Gasteiger partial charge in [0.25, 0.3) is 5.56 Å². The molecule has 1 atom stereocenters. The number of aromatic nitrogens is 4. The number of unbranched alkanes of at least 4 members (excludes halogenated alkanes) is 16. The highest BCUT2D eigenvalue weighted by atomic mass is 16.3. The monoisotopic (exact) mass is 547 g/mol. The summed E-state index contributed by atoms with van der Waals surface area (Å²) in [7, 11) is 3.40. The van der Waals surface area contributed by atoms with Gasteiger partial charge in [0, 0.05) is 27.2 Å². The number of hydrogen-bond donors (Lipinski definition) is 2. The SMILES string of the molecule is CCCCCCCCCCCCCCCCCCNCC(O)CCCCn1c(=O)c2c(ncn2C)n(C)c1=O. The number of aliphatic hydroxyl groups is 1. The zero-order valence-corrected chi connectivity index (χ0v) is 25.3. The topological polar surface area (TPSA) is 94.1 Å². The number of aliphatic hydroxyl groups excluding tert-OH is 1. The minimum Gasteiger partial charge on any atom is -0.392 e. The number of nitrogens with one attached hydrogen (secondary N) is 1.